The standard InChI is InChI=1S/C11H23N3O.ClH/c1-3-13-11(15)9-14-6-4-10(5-7-14)8-12-2;/h10,12H,3-9H2,1-2H3,(H,13,15);1H. The third-order valence-corrected chi connectivity index (χ3v) is 2.94. The fourth-order valence-corrected chi connectivity index (χ4v) is 2.09. The number of carbonyl (C=O) groups is 1. The molecule has 0 aromatic rings. The lowest BCUT2D eigenvalue weighted by Gasteiger charge is -2.31. The number of rotatable bonds is 5. The van der Waals surface area contributed by atoms with E-state index in [2.05, 4.69) is 15.5 Å². The van der Waals surface area contributed by atoms with Gasteiger partial charge in [0.25, 0.3) is 0 Å². The molecule has 1 aliphatic heterocycles. The summed E-state index contributed by atoms with van der Waals surface area (Å²) >= 11 is 0. The van der Waals surface area contributed by atoms with E-state index in [-0.39, 0.29) is 18.3 Å². The van der Waals surface area contributed by atoms with Gasteiger partial charge in [-0.05, 0) is 52.4 Å². The third-order valence-electron chi connectivity index (χ3n) is 2.94. The van der Waals surface area contributed by atoms with Crippen molar-refractivity contribution in [2.75, 3.05) is 39.8 Å². The number of piperidine rings is 1. The van der Waals surface area contributed by atoms with Gasteiger partial charge in [-0.3, -0.25) is 9.69 Å². The lowest BCUT2D eigenvalue weighted by atomic mass is 9.97. The fraction of sp³-hybridized carbons (Fsp3) is 0.909. The Bertz CT molecular complexity index is 194. The smallest absolute Gasteiger partial charge is 0.234 e. The monoisotopic (exact) mass is 249 g/mol. The van der Waals surface area contributed by atoms with E-state index in [1.165, 1.54) is 12.8 Å². The van der Waals surface area contributed by atoms with E-state index in [0.717, 1.165) is 32.1 Å². The van der Waals surface area contributed by atoms with E-state index in [1.807, 2.05) is 14.0 Å². The Morgan fingerprint density at radius 3 is 2.50 bits per heavy atom. The number of hydrogen-bond acceptors (Lipinski definition) is 3. The Balaban J connectivity index is 0.00000225. The molecule has 1 heterocycles. The van der Waals surface area contributed by atoms with Crippen LogP contribution in [0, 0.1) is 5.92 Å². The molecule has 16 heavy (non-hydrogen) atoms. The van der Waals surface area contributed by atoms with E-state index in [1.54, 1.807) is 0 Å². The minimum atomic E-state index is 0. The summed E-state index contributed by atoms with van der Waals surface area (Å²) in [5, 5.41) is 6.05. The molecule has 96 valence electrons. The van der Waals surface area contributed by atoms with Gasteiger partial charge in [0, 0.05) is 6.54 Å². The van der Waals surface area contributed by atoms with Crippen LogP contribution >= 0.6 is 12.4 Å². The number of likely N-dealkylation sites (tertiary alicyclic amines) is 1. The van der Waals surface area contributed by atoms with E-state index < -0.39 is 0 Å². The van der Waals surface area contributed by atoms with Gasteiger partial charge < -0.3 is 10.6 Å². The first-order chi connectivity index (χ1) is 7.26. The highest BCUT2D eigenvalue weighted by Crippen LogP contribution is 2.15. The van der Waals surface area contributed by atoms with Crippen molar-refractivity contribution >= 4 is 18.3 Å². The number of nitrogens with zero attached hydrogens (tertiary/aromatic N) is 1. The summed E-state index contributed by atoms with van der Waals surface area (Å²) in [4.78, 5) is 13.6. The highest BCUT2D eigenvalue weighted by molar-refractivity contribution is 5.85. The number of carbonyl (C=O) groups excluding carboxylic acids is 1. The van der Waals surface area contributed by atoms with Gasteiger partial charge in [-0.25, -0.2) is 0 Å². The summed E-state index contributed by atoms with van der Waals surface area (Å²) < 4.78 is 0. The molecule has 0 aliphatic carbocycles. The van der Waals surface area contributed by atoms with Gasteiger partial charge in [0.1, 0.15) is 0 Å². The van der Waals surface area contributed by atoms with Gasteiger partial charge in [-0.1, -0.05) is 0 Å². The van der Waals surface area contributed by atoms with Crippen LogP contribution in [0.4, 0.5) is 0 Å². The minimum Gasteiger partial charge on any atom is -0.355 e. The molecule has 0 aromatic heterocycles. The lowest BCUT2D eigenvalue weighted by molar-refractivity contribution is -0.122. The maximum atomic E-state index is 11.4. The second kappa shape index (κ2) is 8.79. The van der Waals surface area contributed by atoms with Crippen LogP contribution in [-0.2, 0) is 4.79 Å². The molecule has 0 atom stereocenters. The SMILES string of the molecule is CCNC(=O)CN1CCC(CNC)CC1.Cl. The van der Waals surface area contributed by atoms with Gasteiger partial charge in [-0.2, -0.15) is 0 Å². The van der Waals surface area contributed by atoms with Crippen LogP contribution in [0.15, 0.2) is 0 Å². The summed E-state index contributed by atoms with van der Waals surface area (Å²) in [6.45, 7) is 6.48. The summed E-state index contributed by atoms with van der Waals surface area (Å²) in [6, 6.07) is 0. The molecule has 1 aliphatic rings. The summed E-state index contributed by atoms with van der Waals surface area (Å²) in [6.07, 6.45) is 2.42. The van der Waals surface area contributed by atoms with Crippen molar-refractivity contribution in [3.8, 4) is 0 Å². The maximum Gasteiger partial charge on any atom is 0.234 e. The molecule has 1 rings (SSSR count). The number of halogens is 1. The van der Waals surface area contributed by atoms with Crippen LogP contribution in [0.5, 0.6) is 0 Å². The van der Waals surface area contributed by atoms with Gasteiger partial charge in [0.15, 0.2) is 0 Å². The second-order valence-electron chi connectivity index (χ2n) is 4.23. The first kappa shape index (κ1) is 15.7. The van der Waals surface area contributed by atoms with Crippen molar-refractivity contribution < 1.29 is 4.79 Å². The Hall–Kier alpha value is -0.320. The van der Waals surface area contributed by atoms with Crippen LogP contribution in [0.3, 0.4) is 0 Å². The summed E-state index contributed by atoms with van der Waals surface area (Å²) in [7, 11) is 2.00. The molecule has 0 spiro atoms. The van der Waals surface area contributed by atoms with Crippen LogP contribution in [0.25, 0.3) is 0 Å². The van der Waals surface area contributed by atoms with Crippen LogP contribution in [0.2, 0.25) is 0 Å². The van der Waals surface area contributed by atoms with Crippen LogP contribution in [-0.4, -0.2) is 50.6 Å². The number of likely N-dealkylation sites (N-methyl/N-ethyl adjacent to an activating group) is 1. The normalized spacial score (nSPS) is 17.9. The van der Waals surface area contributed by atoms with Crippen LogP contribution < -0.4 is 10.6 Å². The molecule has 0 unspecified atom stereocenters. The number of amides is 1. The average molecular weight is 250 g/mol. The molecule has 1 saturated heterocycles. The quantitative estimate of drug-likeness (QED) is 0.745. The van der Waals surface area contributed by atoms with Crippen molar-refractivity contribution in [2.45, 2.75) is 19.8 Å². The topological polar surface area (TPSA) is 44.4 Å². The maximum absolute atomic E-state index is 11.4. The van der Waals surface area contributed by atoms with Crippen molar-refractivity contribution in [1.82, 2.24) is 15.5 Å². The Morgan fingerprint density at radius 1 is 1.38 bits per heavy atom. The summed E-state index contributed by atoms with van der Waals surface area (Å²) in [5.74, 6) is 0.949. The average Bonchev–Trinajstić information content (AvgIpc) is 2.22. The molecule has 4 nitrogen and oxygen atoms in total. The summed E-state index contributed by atoms with van der Waals surface area (Å²) in [5.41, 5.74) is 0. The predicted octanol–water partition coefficient (Wildman–Crippen LogP) is 0.476. The molecule has 5 heteroatoms. The Labute approximate surface area is 105 Å². The molecule has 0 saturated carbocycles. The first-order valence-corrected chi connectivity index (χ1v) is 5.90. The minimum absolute atomic E-state index is 0. The highest BCUT2D eigenvalue weighted by Gasteiger charge is 2.19. The third kappa shape index (κ3) is 5.68. The predicted molar refractivity (Wildman–Crippen MR) is 69.0 cm³/mol. The highest BCUT2D eigenvalue weighted by atomic mass is 35.5. The van der Waals surface area contributed by atoms with E-state index in [4.69, 9.17) is 0 Å². The largest absolute Gasteiger partial charge is 0.355 e. The first-order valence-electron chi connectivity index (χ1n) is 5.90. The van der Waals surface area contributed by atoms with Crippen molar-refractivity contribution in [2.24, 2.45) is 5.92 Å². The van der Waals surface area contributed by atoms with Gasteiger partial charge in [0.2, 0.25) is 5.91 Å². The van der Waals surface area contributed by atoms with Gasteiger partial charge in [0.05, 0.1) is 6.54 Å². The molecule has 0 aromatic carbocycles. The number of nitrogens with one attached hydrogen (secondary N) is 2. The Morgan fingerprint density at radius 2 is 2.00 bits per heavy atom. The zero-order chi connectivity index (χ0) is 11.1. The zero-order valence-electron chi connectivity index (χ0n) is 10.3. The van der Waals surface area contributed by atoms with Crippen molar-refractivity contribution in [3.05, 3.63) is 0 Å². The second-order valence-corrected chi connectivity index (χ2v) is 4.23. The van der Waals surface area contributed by atoms with Gasteiger partial charge in [-0.15, -0.1) is 12.4 Å². The van der Waals surface area contributed by atoms with E-state index >= 15 is 0 Å². The van der Waals surface area contributed by atoms with Crippen molar-refractivity contribution in [3.63, 3.8) is 0 Å². The van der Waals surface area contributed by atoms with E-state index in [0.29, 0.717) is 6.54 Å². The van der Waals surface area contributed by atoms with E-state index in [9.17, 15) is 4.79 Å². The van der Waals surface area contributed by atoms with Gasteiger partial charge >= 0.3 is 0 Å². The zero-order valence-corrected chi connectivity index (χ0v) is 11.1. The molecular formula is C11H24ClN3O. The molecule has 1 fully saturated rings. The van der Waals surface area contributed by atoms with Crippen molar-refractivity contribution in [1.29, 1.82) is 0 Å². The molecule has 0 radical (unpaired) electrons. The molecule has 1 amide bonds. The Kier molecular flexibility index (Phi) is 8.61. The molecular weight excluding hydrogens is 226 g/mol. The fourth-order valence-electron chi connectivity index (χ4n) is 2.09. The molecule has 2 N–H and O–H groups in total. The number of hydrogen-bond donors (Lipinski definition) is 2. The van der Waals surface area contributed by atoms with Crippen LogP contribution in [0.1, 0.15) is 19.8 Å². The molecule has 0 bridgehead atoms. The lowest BCUT2D eigenvalue weighted by Crippen LogP contribution is -2.42.